The Bertz CT molecular complexity index is 318. The zero-order valence-electron chi connectivity index (χ0n) is 7.84. The van der Waals surface area contributed by atoms with Crippen LogP contribution in [0.4, 0.5) is 0 Å². The molecule has 1 aliphatic rings. The van der Waals surface area contributed by atoms with Crippen LogP contribution in [-0.4, -0.2) is 12.2 Å². The maximum atomic E-state index is 9.81. The summed E-state index contributed by atoms with van der Waals surface area (Å²) >= 11 is 0. The maximum Gasteiger partial charge on any atom is 0.161 e. The zero-order valence-corrected chi connectivity index (χ0v) is 7.84. The first-order valence-corrected chi connectivity index (χ1v) is 4.70. The minimum atomic E-state index is 0.347. The highest BCUT2D eigenvalue weighted by molar-refractivity contribution is 5.50. The van der Waals surface area contributed by atoms with Crippen molar-refractivity contribution in [1.29, 1.82) is 0 Å². The van der Waals surface area contributed by atoms with E-state index < -0.39 is 0 Å². The molecule has 70 valence electrons. The average Bonchev–Trinajstić information content (AvgIpc) is 2.19. The number of benzene rings is 1. The number of methoxy groups -OCH3 is 1. The third kappa shape index (κ3) is 1.37. The van der Waals surface area contributed by atoms with E-state index in [4.69, 9.17) is 4.74 Å². The molecule has 0 bridgehead atoms. The summed E-state index contributed by atoms with van der Waals surface area (Å²) in [4.78, 5) is 0. The lowest BCUT2D eigenvalue weighted by molar-refractivity contribution is 0.368. The lowest BCUT2D eigenvalue weighted by atomic mass is 9.91. The molecule has 1 aromatic rings. The molecule has 0 fully saturated rings. The topological polar surface area (TPSA) is 29.5 Å². The van der Waals surface area contributed by atoms with Gasteiger partial charge in [-0.2, -0.15) is 0 Å². The molecule has 1 aromatic carbocycles. The largest absolute Gasteiger partial charge is 0.504 e. The fourth-order valence-electron chi connectivity index (χ4n) is 1.95. The van der Waals surface area contributed by atoms with Gasteiger partial charge < -0.3 is 9.84 Å². The highest BCUT2D eigenvalue weighted by atomic mass is 16.5. The second kappa shape index (κ2) is 3.29. The molecule has 0 atom stereocenters. The van der Waals surface area contributed by atoms with Crippen molar-refractivity contribution in [3.8, 4) is 11.5 Å². The van der Waals surface area contributed by atoms with Crippen molar-refractivity contribution in [1.82, 2.24) is 0 Å². The molecule has 0 saturated heterocycles. The quantitative estimate of drug-likeness (QED) is 0.714. The van der Waals surface area contributed by atoms with Crippen molar-refractivity contribution in [2.24, 2.45) is 0 Å². The van der Waals surface area contributed by atoms with E-state index >= 15 is 0 Å². The van der Waals surface area contributed by atoms with E-state index in [1.54, 1.807) is 7.11 Å². The molecule has 0 heterocycles. The van der Waals surface area contributed by atoms with Gasteiger partial charge in [0.2, 0.25) is 0 Å². The van der Waals surface area contributed by atoms with Gasteiger partial charge in [-0.25, -0.2) is 0 Å². The lowest BCUT2D eigenvalue weighted by Gasteiger charge is -2.18. The van der Waals surface area contributed by atoms with Gasteiger partial charge in [0.05, 0.1) is 7.11 Å². The summed E-state index contributed by atoms with van der Waals surface area (Å²) in [5.74, 6) is 0.945. The SMILES string of the molecule is COc1ccc2c(c1O)CCCC2. The van der Waals surface area contributed by atoms with Crippen molar-refractivity contribution >= 4 is 0 Å². The molecular formula is C11H14O2. The molecule has 0 amide bonds. The van der Waals surface area contributed by atoms with Gasteiger partial charge >= 0.3 is 0 Å². The Hall–Kier alpha value is -1.18. The number of rotatable bonds is 1. The smallest absolute Gasteiger partial charge is 0.161 e. The van der Waals surface area contributed by atoms with E-state index in [0.29, 0.717) is 11.5 Å². The molecule has 2 heteroatoms. The molecule has 0 spiro atoms. The van der Waals surface area contributed by atoms with E-state index in [0.717, 1.165) is 18.4 Å². The Morgan fingerprint density at radius 2 is 2.00 bits per heavy atom. The van der Waals surface area contributed by atoms with E-state index in [1.165, 1.54) is 18.4 Å². The van der Waals surface area contributed by atoms with Crippen LogP contribution >= 0.6 is 0 Å². The number of fused-ring (bicyclic) bond motifs is 1. The van der Waals surface area contributed by atoms with Crippen LogP contribution in [0.2, 0.25) is 0 Å². The Kier molecular flexibility index (Phi) is 2.13. The summed E-state index contributed by atoms with van der Waals surface area (Å²) in [7, 11) is 1.59. The van der Waals surface area contributed by atoms with Gasteiger partial charge in [-0.3, -0.25) is 0 Å². The van der Waals surface area contributed by atoms with Gasteiger partial charge in [0.1, 0.15) is 0 Å². The summed E-state index contributed by atoms with van der Waals surface area (Å²) in [6.45, 7) is 0. The molecule has 0 aromatic heterocycles. The standard InChI is InChI=1S/C11H14O2/c1-13-10-7-6-8-4-2-3-5-9(8)11(10)12/h6-7,12H,2-5H2,1H3. The highest BCUT2D eigenvalue weighted by Gasteiger charge is 2.15. The Morgan fingerprint density at radius 3 is 2.77 bits per heavy atom. The molecule has 2 rings (SSSR count). The van der Waals surface area contributed by atoms with Gasteiger partial charge in [-0.15, -0.1) is 0 Å². The van der Waals surface area contributed by atoms with Crippen LogP contribution < -0.4 is 4.74 Å². The van der Waals surface area contributed by atoms with Crippen LogP contribution in [0.1, 0.15) is 24.0 Å². The lowest BCUT2D eigenvalue weighted by Crippen LogP contribution is -2.03. The van der Waals surface area contributed by atoms with Crippen molar-refractivity contribution in [3.05, 3.63) is 23.3 Å². The molecule has 1 N–H and O–H groups in total. The number of phenolic OH excluding ortho intramolecular Hbond substituents is 1. The molecule has 0 saturated carbocycles. The molecule has 13 heavy (non-hydrogen) atoms. The van der Waals surface area contributed by atoms with Crippen molar-refractivity contribution in [3.63, 3.8) is 0 Å². The summed E-state index contributed by atoms with van der Waals surface area (Å²) in [5.41, 5.74) is 2.37. The molecule has 0 radical (unpaired) electrons. The second-order valence-corrected chi connectivity index (χ2v) is 3.46. The van der Waals surface area contributed by atoms with Crippen LogP contribution in [0, 0.1) is 0 Å². The van der Waals surface area contributed by atoms with Gasteiger partial charge in [0, 0.05) is 5.56 Å². The van der Waals surface area contributed by atoms with E-state index in [9.17, 15) is 5.11 Å². The highest BCUT2D eigenvalue weighted by Crippen LogP contribution is 2.36. The second-order valence-electron chi connectivity index (χ2n) is 3.46. The van der Waals surface area contributed by atoms with Crippen molar-refractivity contribution in [2.75, 3.05) is 7.11 Å². The number of ether oxygens (including phenoxy) is 1. The van der Waals surface area contributed by atoms with Crippen LogP contribution in [0.15, 0.2) is 12.1 Å². The van der Waals surface area contributed by atoms with Gasteiger partial charge in [0.25, 0.3) is 0 Å². The van der Waals surface area contributed by atoms with E-state index in [2.05, 4.69) is 6.07 Å². The summed E-state index contributed by atoms with van der Waals surface area (Å²) in [6.07, 6.45) is 4.48. The summed E-state index contributed by atoms with van der Waals surface area (Å²) in [6, 6.07) is 3.91. The monoisotopic (exact) mass is 178 g/mol. The van der Waals surface area contributed by atoms with Crippen LogP contribution in [-0.2, 0) is 12.8 Å². The first-order chi connectivity index (χ1) is 6.33. The third-order valence-corrected chi connectivity index (χ3v) is 2.69. The number of aryl methyl sites for hydroxylation is 1. The number of hydrogen-bond donors (Lipinski definition) is 1. The van der Waals surface area contributed by atoms with Crippen LogP contribution in [0.25, 0.3) is 0 Å². The average molecular weight is 178 g/mol. The number of aromatic hydroxyl groups is 1. The molecule has 2 nitrogen and oxygen atoms in total. The van der Waals surface area contributed by atoms with Gasteiger partial charge in [-0.05, 0) is 37.3 Å². The summed E-state index contributed by atoms with van der Waals surface area (Å²) < 4.78 is 5.06. The van der Waals surface area contributed by atoms with Crippen LogP contribution in [0.3, 0.4) is 0 Å². The first-order valence-electron chi connectivity index (χ1n) is 4.70. The summed E-state index contributed by atoms with van der Waals surface area (Å²) in [5, 5.41) is 9.81. The number of hydrogen-bond acceptors (Lipinski definition) is 2. The van der Waals surface area contributed by atoms with Crippen molar-refractivity contribution in [2.45, 2.75) is 25.7 Å². The van der Waals surface area contributed by atoms with Gasteiger partial charge in [0.15, 0.2) is 11.5 Å². The molecule has 1 aliphatic carbocycles. The normalized spacial score (nSPS) is 15.2. The molecular weight excluding hydrogens is 164 g/mol. The third-order valence-electron chi connectivity index (χ3n) is 2.69. The van der Waals surface area contributed by atoms with Gasteiger partial charge in [-0.1, -0.05) is 6.07 Å². The van der Waals surface area contributed by atoms with Crippen LogP contribution in [0.5, 0.6) is 11.5 Å². The van der Waals surface area contributed by atoms with E-state index in [1.807, 2.05) is 6.07 Å². The fraction of sp³-hybridized carbons (Fsp3) is 0.455. The predicted molar refractivity (Wildman–Crippen MR) is 51.3 cm³/mol. The van der Waals surface area contributed by atoms with Crippen molar-refractivity contribution < 1.29 is 9.84 Å². The molecule has 0 aliphatic heterocycles. The minimum absolute atomic E-state index is 0.347. The Balaban J connectivity index is 2.48. The van der Waals surface area contributed by atoms with E-state index in [-0.39, 0.29) is 0 Å². The maximum absolute atomic E-state index is 9.81. The Morgan fingerprint density at radius 1 is 1.23 bits per heavy atom. The predicted octanol–water partition coefficient (Wildman–Crippen LogP) is 2.28. The minimum Gasteiger partial charge on any atom is -0.504 e. The Labute approximate surface area is 78.2 Å². The molecule has 0 unspecified atom stereocenters. The fourth-order valence-corrected chi connectivity index (χ4v) is 1.95. The zero-order chi connectivity index (χ0) is 9.26. The number of phenols is 1. The first kappa shape index (κ1) is 8.42.